The number of guanidine groups is 1. The highest BCUT2D eigenvalue weighted by Crippen LogP contribution is 2.23. The first kappa shape index (κ1) is 22.7. The van der Waals surface area contributed by atoms with Gasteiger partial charge in [0.2, 0.25) is 0 Å². The summed E-state index contributed by atoms with van der Waals surface area (Å²) in [6, 6.07) is 10.3. The van der Waals surface area contributed by atoms with Crippen molar-refractivity contribution in [3.05, 3.63) is 53.9 Å². The summed E-state index contributed by atoms with van der Waals surface area (Å²) in [7, 11) is -1.33. The Morgan fingerprint density at radius 1 is 1.25 bits per heavy atom. The van der Waals surface area contributed by atoms with Crippen molar-refractivity contribution in [2.75, 3.05) is 25.9 Å². The van der Waals surface area contributed by atoms with Gasteiger partial charge in [-0.25, -0.2) is 8.42 Å². The van der Waals surface area contributed by atoms with Gasteiger partial charge in [-0.15, -0.1) is 24.0 Å². The van der Waals surface area contributed by atoms with Crippen LogP contribution in [0.3, 0.4) is 0 Å². The van der Waals surface area contributed by atoms with Crippen LogP contribution >= 0.6 is 24.0 Å². The number of hydrogen-bond acceptors (Lipinski definition) is 4. The van der Waals surface area contributed by atoms with E-state index in [0.717, 1.165) is 18.1 Å². The molecular formula is C19H28IN5O2S. The molecule has 1 aliphatic rings. The summed E-state index contributed by atoms with van der Waals surface area (Å²) in [5.41, 5.74) is 2.33. The number of nitrogens with one attached hydrogen (secondary N) is 1. The number of aliphatic imine (C=N–C) groups is 1. The second-order valence-electron chi connectivity index (χ2n) is 7.42. The molecule has 1 aliphatic heterocycles. The van der Waals surface area contributed by atoms with Gasteiger partial charge in [0.15, 0.2) is 15.8 Å². The largest absolute Gasteiger partial charge is 0.352 e. The molecule has 0 aliphatic carbocycles. The molecule has 0 amide bonds. The van der Waals surface area contributed by atoms with Crippen LogP contribution in [0.15, 0.2) is 47.7 Å². The van der Waals surface area contributed by atoms with Crippen molar-refractivity contribution in [3.8, 4) is 0 Å². The first-order chi connectivity index (χ1) is 12.8. The monoisotopic (exact) mass is 517 g/mol. The maximum absolute atomic E-state index is 12.2. The summed E-state index contributed by atoms with van der Waals surface area (Å²) in [6.07, 6.45) is 3.72. The maximum Gasteiger partial charge on any atom is 0.193 e. The molecule has 0 unspecified atom stereocenters. The van der Waals surface area contributed by atoms with E-state index in [-0.39, 0.29) is 29.7 Å². The van der Waals surface area contributed by atoms with Crippen molar-refractivity contribution in [2.45, 2.75) is 31.7 Å². The molecule has 1 aromatic heterocycles. The molecule has 0 radical (unpaired) electrons. The zero-order valence-corrected chi connectivity index (χ0v) is 19.6. The van der Waals surface area contributed by atoms with Crippen LogP contribution in [0.25, 0.3) is 0 Å². The Bertz CT molecular complexity index is 893. The summed E-state index contributed by atoms with van der Waals surface area (Å²) < 4.78 is 25.5. The van der Waals surface area contributed by atoms with E-state index in [0.29, 0.717) is 19.6 Å². The molecule has 0 spiro atoms. The van der Waals surface area contributed by atoms with Crippen LogP contribution in [0.1, 0.15) is 25.0 Å². The van der Waals surface area contributed by atoms with Crippen molar-refractivity contribution >= 4 is 39.8 Å². The number of sulfone groups is 1. The Morgan fingerprint density at radius 3 is 2.50 bits per heavy atom. The van der Waals surface area contributed by atoms with Gasteiger partial charge in [-0.1, -0.05) is 24.3 Å². The maximum atomic E-state index is 12.2. The van der Waals surface area contributed by atoms with Gasteiger partial charge >= 0.3 is 0 Å². The molecule has 9 heteroatoms. The number of benzene rings is 1. The first-order valence-electron chi connectivity index (χ1n) is 9.04. The van der Waals surface area contributed by atoms with Crippen LogP contribution in [0.5, 0.6) is 0 Å². The predicted octanol–water partition coefficient (Wildman–Crippen LogP) is 2.13. The molecule has 0 bridgehead atoms. The lowest BCUT2D eigenvalue weighted by molar-refractivity contribution is 0.353. The third-order valence-electron chi connectivity index (χ3n) is 4.93. The lowest BCUT2D eigenvalue weighted by atomic mass is 10.1. The molecule has 154 valence electrons. The average molecular weight is 517 g/mol. The summed E-state index contributed by atoms with van der Waals surface area (Å²) in [5, 5.41) is 7.57. The normalized spacial score (nSPS) is 18.4. The zero-order chi connectivity index (χ0) is 19.5. The summed E-state index contributed by atoms with van der Waals surface area (Å²) in [6.45, 7) is 5.85. The van der Waals surface area contributed by atoms with Crippen LogP contribution in [-0.2, 0) is 22.9 Å². The third kappa shape index (κ3) is 5.25. The van der Waals surface area contributed by atoms with Gasteiger partial charge in [-0.2, -0.15) is 5.10 Å². The third-order valence-corrected chi connectivity index (χ3v) is 7.47. The van der Waals surface area contributed by atoms with Gasteiger partial charge in [0.1, 0.15) is 0 Å². The highest BCUT2D eigenvalue weighted by molar-refractivity contribution is 14.0. The molecule has 1 saturated heterocycles. The van der Waals surface area contributed by atoms with Gasteiger partial charge < -0.3 is 10.2 Å². The molecular weight excluding hydrogens is 489 g/mol. The van der Waals surface area contributed by atoms with E-state index in [1.54, 1.807) is 27.1 Å². The van der Waals surface area contributed by atoms with Crippen molar-refractivity contribution in [1.29, 1.82) is 0 Å². The highest BCUT2D eigenvalue weighted by atomic mass is 127. The highest BCUT2D eigenvalue weighted by Gasteiger charge is 2.40. The van der Waals surface area contributed by atoms with Crippen LogP contribution < -0.4 is 5.32 Å². The molecule has 0 saturated carbocycles. The minimum atomic E-state index is -3.06. The Kier molecular flexibility index (Phi) is 7.49. The predicted molar refractivity (Wildman–Crippen MR) is 123 cm³/mol. The number of hydrogen-bond donors (Lipinski definition) is 1. The first-order valence-corrected chi connectivity index (χ1v) is 10.7. The lowest BCUT2D eigenvalue weighted by Gasteiger charge is -2.39. The second-order valence-corrected chi connectivity index (χ2v) is 10.2. The second kappa shape index (κ2) is 9.25. The lowest BCUT2D eigenvalue weighted by Crippen LogP contribution is -2.57. The van der Waals surface area contributed by atoms with Crippen LogP contribution in [0.4, 0.5) is 0 Å². The van der Waals surface area contributed by atoms with E-state index in [1.165, 1.54) is 5.56 Å². The van der Waals surface area contributed by atoms with Gasteiger partial charge in [0, 0.05) is 39.1 Å². The molecule has 3 rings (SSSR count). The van der Waals surface area contributed by atoms with E-state index in [9.17, 15) is 8.42 Å². The molecule has 7 nitrogen and oxygen atoms in total. The molecule has 2 aromatic rings. The van der Waals surface area contributed by atoms with Crippen molar-refractivity contribution in [1.82, 2.24) is 20.0 Å². The topological polar surface area (TPSA) is 79.6 Å². The fourth-order valence-electron chi connectivity index (χ4n) is 3.18. The van der Waals surface area contributed by atoms with Gasteiger partial charge in [0.05, 0.1) is 17.0 Å². The standard InChI is InChI=1S/C19H27N5O2S.HI/c1-19(2)15-23(11-12-27(19,25)26)18(20-3)21-13-16-5-7-17(8-6-16)14-24-10-4-9-22-24;/h4-10H,11-15H2,1-3H3,(H,20,21);1H. The molecule has 1 aromatic carbocycles. The molecule has 28 heavy (non-hydrogen) atoms. The molecule has 1 fully saturated rings. The van der Waals surface area contributed by atoms with Crippen molar-refractivity contribution in [3.63, 3.8) is 0 Å². The van der Waals surface area contributed by atoms with E-state index >= 15 is 0 Å². The fourth-order valence-corrected chi connectivity index (χ4v) is 4.55. The van der Waals surface area contributed by atoms with E-state index < -0.39 is 14.6 Å². The Labute approximate surface area is 184 Å². The fraction of sp³-hybridized carbons (Fsp3) is 0.474. The van der Waals surface area contributed by atoms with Gasteiger partial charge in [-0.3, -0.25) is 9.67 Å². The SMILES string of the molecule is CN=C(NCc1ccc(Cn2cccn2)cc1)N1CCS(=O)(=O)C(C)(C)C1.I. The quantitative estimate of drug-likeness (QED) is 0.382. The number of aromatic nitrogens is 2. The molecule has 0 atom stereocenters. The minimum absolute atomic E-state index is 0. The molecule has 1 N–H and O–H groups in total. The number of nitrogens with zero attached hydrogens (tertiary/aromatic N) is 4. The smallest absolute Gasteiger partial charge is 0.193 e. The molecule has 2 heterocycles. The van der Waals surface area contributed by atoms with Crippen LogP contribution in [0, 0.1) is 0 Å². The Hall–Kier alpha value is -1.62. The van der Waals surface area contributed by atoms with Gasteiger partial charge in [0.25, 0.3) is 0 Å². The number of halogens is 1. The van der Waals surface area contributed by atoms with E-state index in [2.05, 4.69) is 39.7 Å². The number of rotatable bonds is 4. The van der Waals surface area contributed by atoms with E-state index in [1.807, 2.05) is 21.8 Å². The van der Waals surface area contributed by atoms with E-state index in [4.69, 9.17) is 0 Å². The Balaban J connectivity index is 0.00000280. The van der Waals surface area contributed by atoms with Crippen LogP contribution in [-0.4, -0.2) is 59.7 Å². The summed E-state index contributed by atoms with van der Waals surface area (Å²) >= 11 is 0. The summed E-state index contributed by atoms with van der Waals surface area (Å²) in [4.78, 5) is 6.35. The van der Waals surface area contributed by atoms with Gasteiger partial charge in [-0.05, 0) is 31.0 Å². The minimum Gasteiger partial charge on any atom is -0.352 e. The Morgan fingerprint density at radius 2 is 1.93 bits per heavy atom. The van der Waals surface area contributed by atoms with Crippen molar-refractivity contribution < 1.29 is 8.42 Å². The summed E-state index contributed by atoms with van der Waals surface area (Å²) in [5.74, 6) is 0.890. The van der Waals surface area contributed by atoms with Crippen molar-refractivity contribution in [2.24, 2.45) is 4.99 Å². The van der Waals surface area contributed by atoms with Crippen LogP contribution in [0.2, 0.25) is 0 Å². The zero-order valence-electron chi connectivity index (χ0n) is 16.5. The average Bonchev–Trinajstić information content (AvgIpc) is 3.13.